The van der Waals surface area contributed by atoms with Crippen LogP contribution in [0.1, 0.15) is 30.9 Å². The monoisotopic (exact) mass is 387 g/mol. The van der Waals surface area contributed by atoms with Crippen LogP contribution in [0.4, 0.5) is 4.39 Å². The lowest BCUT2D eigenvalue weighted by Gasteiger charge is -2.48. The summed E-state index contributed by atoms with van der Waals surface area (Å²) in [5.74, 6) is -0.164. The number of likely N-dealkylation sites (N-methyl/N-ethyl adjacent to an activating group) is 1. The summed E-state index contributed by atoms with van der Waals surface area (Å²) in [6, 6.07) is 14.6. The first-order valence-electron chi connectivity index (χ1n) is 9.41. The van der Waals surface area contributed by atoms with Crippen LogP contribution in [0.25, 0.3) is 6.08 Å². The molecule has 0 radical (unpaired) electrons. The quantitative estimate of drug-likeness (QED) is 0.779. The van der Waals surface area contributed by atoms with Crippen molar-refractivity contribution in [2.45, 2.75) is 37.8 Å². The van der Waals surface area contributed by atoms with Crippen LogP contribution in [0.5, 0.6) is 0 Å². The van der Waals surface area contributed by atoms with Gasteiger partial charge in [-0.25, -0.2) is 4.39 Å². The first kappa shape index (κ1) is 20.1. The third kappa shape index (κ3) is 4.11. The Morgan fingerprint density at radius 2 is 1.85 bits per heavy atom. The number of nitrogens with zero attached hydrogens (tertiary/aromatic N) is 1. The van der Waals surface area contributed by atoms with Gasteiger partial charge in [0.15, 0.2) is 0 Å². The fourth-order valence-electron chi connectivity index (χ4n) is 4.29. The molecule has 2 nitrogen and oxygen atoms in total. The van der Waals surface area contributed by atoms with Crippen molar-refractivity contribution in [3.05, 3.63) is 76.1 Å². The summed E-state index contributed by atoms with van der Waals surface area (Å²) >= 11 is 6.30. The lowest BCUT2D eigenvalue weighted by atomic mass is 9.67. The largest absolute Gasteiger partial charge is 0.383 e. The van der Waals surface area contributed by atoms with E-state index in [-0.39, 0.29) is 24.2 Å². The molecule has 4 heteroatoms. The molecule has 2 aromatic carbocycles. The minimum atomic E-state index is -1.19. The van der Waals surface area contributed by atoms with Crippen LogP contribution in [-0.2, 0) is 6.42 Å². The predicted octanol–water partition coefficient (Wildman–Crippen LogP) is 5.20. The van der Waals surface area contributed by atoms with Crippen molar-refractivity contribution < 1.29 is 9.50 Å². The molecule has 3 rings (SSSR count). The van der Waals surface area contributed by atoms with Crippen LogP contribution in [0.2, 0.25) is 5.02 Å². The Bertz CT molecular complexity index is 800. The van der Waals surface area contributed by atoms with Gasteiger partial charge >= 0.3 is 0 Å². The van der Waals surface area contributed by atoms with E-state index in [1.54, 1.807) is 12.1 Å². The van der Waals surface area contributed by atoms with E-state index in [2.05, 4.69) is 13.0 Å². The van der Waals surface area contributed by atoms with Gasteiger partial charge in [-0.15, -0.1) is 0 Å². The molecule has 1 saturated carbocycles. The highest BCUT2D eigenvalue weighted by Gasteiger charge is 2.47. The van der Waals surface area contributed by atoms with Gasteiger partial charge in [-0.3, -0.25) is 0 Å². The highest BCUT2D eigenvalue weighted by atomic mass is 35.5. The molecule has 1 fully saturated rings. The molecule has 3 atom stereocenters. The van der Waals surface area contributed by atoms with Gasteiger partial charge in [0.05, 0.1) is 0 Å². The third-order valence-corrected chi connectivity index (χ3v) is 6.06. The summed E-state index contributed by atoms with van der Waals surface area (Å²) in [5.41, 5.74) is 1.17. The summed E-state index contributed by atoms with van der Waals surface area (Å²) in [6.45, 7) is 2.13. The number of halogens is 2. The molecule has 0 amide bonds. The molecule has 0 aromatic heterocycles. The minimum absolute atomic E-state index is 0.112. The standard InChI is InChI=1S/C23H27ClFNO/c1-16-12-13-22(26(2)3)23(27,15-18-20(24)10-7-11-21(18)25)19(16)14-17-8-5-4-6-9-17/h4-11,14,16,22,27H,12-13,15H2,1-3H3. The average molecular weight is 388 g/mol. The summed E-state index contributed by atoms with van der Waals surface area (Å²) in [4.78, 5) is 2.04. The van der Waals surface area contributed by atoms with Gasteiger partial charge < -0.3 is 10.0 Å². The highest BCUT2D eigenvalue weighted by molar-refractivity contribution is 6.31. The van der Waals surface area contributed by atoms with Crippen molar-refractivity contribution in [2.75, 3.05) is 14.1 Å². The molecule has 2 aromatic rings. The maximum Gasteiger partial charge on any atom is 0.128 e. The molecular weight excluding hydrogens is 361 g/mol. The van der Waals surface area contributed by atoms with Gasteiger partial charge in [0.25, 0.3) is 0 Å². The van der Waals surface area contributed by atoms with E-state index < -0.39 is 5.60 Å². The van der Waals surface area contributed by atoms with Gasteiger partial charge in [-0.2, -0.15) is 0 Å². The van der Waals surface area contributed by atoms with Gasteiger partial charge in [0, 0.05) is 23.0 Å². The summed E-state index contributed by atoms with van der Waals surface area (Å²) in [6.07, 6.45) is 4.05. The van der Waals surface area contributed by atoms with Crippen molar-refractivity contribution in [3.63, 3.8) is 0 Å². The average Bonchev–Trinajstić information content (AvgIpc) is 2.62. The molecule has 0 spiro atoms. The van der Waals surface area contributed by atoms with Crippen molar-refractivity contribution in [1.29, 1.82) is 0 Å². The van der Waals surface area contributed by atoms with E-state index in [0.29, 0.717) is 10.6 Å². The molecule has 1 aliphatic rings. The molecule has 0 bridgehead atoms. The van der Waals surface area contributed by atoms with E-state index >= 15 is 0 Å². The number of hydrogen-bond acceptors (Lipinski definition) is 2. The van der Waals surface area contributed by atoms with Gasteiger partial charge in [0.2, 0.25) is 0 Å². The third-order valence-electron chi connectivity index (χ3n) is 5.71. The normalized spacial score (nSPS) is 27.3. The summed E-state index contributed by atoms with van der Waals surface area (Å²) in [7, 11) is 3.93. The summed E-state index contributed by atoms with van der Waals surface area (Å²) in [5, 5.41) is 12.3. The fourth-order valence-corrected chi connectivity index (χ4v) is 4.52. The number of hydrogen-bond donors (Lipinski definition) is 1. The molecule has 1 aliphatic carbocycles. The van der Waals surface area contributed by atoms with E-state index in [1.807, 2.05) is 49.3 Å². The fraction of sp³-hybridized carbons (Fsp3) is 0.391. The molecule has 0 aliphatic heterocycles. The second-order valence-electron chi connectivity index (χ2n) is 7.77. The zero-order chi connectivity index (χ0) is 19.6. The Labute approximate surface area is 166 Å². The van der Waals surface area contributed by atoms with Crippen LogP contribution in [-0.4, -0.2) is 35.7 Å². The van der Waals surface area contributed by atoms with Crippen LogP contribution in [0, 0.1) is 11.7 Å². The Morgan fingerprint density at radius 1 is 1.15 bits per heavy atom. The molecule has 27 heavy (non-hydrogen) atoms. The second kappa shape index (κ2) is 8.14. The lowest BCUT2D eigenvalue weighted by molar-refractivity contribution is -0.0289. The Morgan fingerprint density at radius 3 is 2.48 bits per heavy atom. The first-order valence-corrected chi connectivity index (χ1v) is 9.79. The predicted molar refractivity (Wildman–Crippen MR) is 110 cm³/mol. The minimum Gasteiger partial charge on any atom is -0.383 e. The van der Waals surface area contributed by atoms with E-state index in [0.717, 1.165) is 24.0 Å². The van der Waals surface area contributed by atoms with E-state index in [4.69, 9.17) is 11.6 Å². The molecule has 0 heterocycles. The first-order chi connectivity index (χ1) is 12.8. The SMILES string of the molecule is CC1CCC(N(C)C)C(O)(Cc2c(F)cccc2Cl)C1=Cc1ccccc1. The Balaban J connectivity index is 2.12. The van der Waals surface area contributed by atoms with Crippen molar-refractivity contribution in [3.8, 4) is 0 Å². The topological polar surface area (TPSA) is 23.5 Å². The van der Waals surface area contributed by atoms with Crippen LogP contribution >= 0.6 is 11.6 Å². The lowest BCUT2D eigenvalue weighted by Crippen LogP contribution is -2.56. The van der Waals surface area contributed by atoms with Gasteiger partial charge in [-0.05, 0) is 56.1 Å². The summed E-state index contributed by atoms with van der Waals surface area (Å²) < 4.78 is 14.5. The van der Waals surface area contributed by atoms with E-state index in [1.165, 1.54) is 6.07 Å². The Hall–Kier alpha value is -1.68. The van der Waals surface area contributed by atoms with E-state index in [9.17, 15) is 9.50 Å². The van der Waals surface area contributed by atoms with Gasteiger partial charge in [-0.1, -0.05) is 61.0 Å². The van der Waals surface area contributed by atoms with Crippen molar-refractivity contribution >= 4 is 17.7 Å². The Kier molecular flexibility index (Phi) is 6.05. The highest BCUT2D eigenvalue weighted by Crippen LogP contribution is 2.43. The molecule has 144 valence electrons. The second-order valence-corrected chi connectivity index (χ2v) is 8.18. The van der Waals surface area contributed by atoms with Crippen molar-refractivity contribution in [1.82, 2.24) is 4.90 Å². The number of aliphatic hydroxyl groups is 1. The zero-order valence-electron chi connectivity index (χ0n) is 16.1. The zero-order valence-corrected chi connectivity index (χ0v) is 16.9. The maximum absolute atomic E-state index is 14.5. The number of rotatable bonds is 4. The molecule has 1 N–H and O–H groups in total. The van der Waals surface area contributed by atoms with Gasteiger partial charge in [0.1, 0.15) is 11.4 Å². The van der Waals surface area contributed by atoms with Crippen LogP contribution < -0.4 is 0 Å². The van der Waals surface area contributed by atoms with Crippen LogP contribution in [0.15, 0.2) is 54.1 Å². The smallest absolute Gasteiger partial charge is 0.128 e. The van der Waals surface area contributed by atoms with Crippen molar-refractivity contribution in [2.24, 2.45) is 5.92 Å². The number of benzene rings is 2. The maximum atomic E-state index is 14.5. The molecule has 3 unspecified atom stereocenters. The molecule has 0 saturated heterocycles. The van der Waals surface area contributed by atoms with Crippen LogP contribution in [0.3, 0.4) is 0 Å². The molecular formula is C23H27ClFNO.